The highest BCUT2D eigenvalue weighted by Crippen LogP contribution is 2.39. The molecule has 2 N–H and O–H groups in total. The first-order chi connectivity index (χ1) is 10.3. The molecule has 104 valence electrons. The largest absolute Gasteiger partial charge is 0.369 e. The number of aromatic nitrogens is 2. The summed E-state index contributed by atoms with van der Waals surface area (Å²) in [6.07, 6.45) is 3.38. The molecule has 1 aliphatic rings. The van der Waals surface area contributed by atoms with Crippen LogP contribution in [0.1, 0.15) is 34.9 Å². The highest BCUT2D eigenvalue weighted by molar-refractivity contribution is 7.10. The van der Waals surface area contributed by atoms with E-state index < -0.39 is 0 Å². The molecule has 0 bridgehead atoms. The van der Waals surface area contributed by atoms with E-state index in [-0.39, 0.29) is 6.04 Å². The Morgan fingerprint density at radius 1 is 1.38 bits per heavy atom. The zero-order valence-electron chi connectivity index (χ0n) is 11.4. The molecule has 0 fully saturated rings. The third kappa shape index (κ3) is 1.83. The van der Waals surface area contributed by atoms with Crippen LogP contribution < -0.4 is 5.73 Å². The molecular formula is C16H14N4S. The van der Waals surface area contributed by atoms with Crippen LogP contribution in [0.2, 0.25) is 0 Å². The lowest BCUT2D eigenvalue weighted by molar-refractivity contribution is 0.510. The molecule has 0 amide bonds. The Morgan fingerprint density at radius 3 is 3.14 bits per heavy atom. The van der Waals surface area contributed by atoms with Crippen molar-refractivity contribution in [2.24, 2.45) is 0 Å². The number of nitrogens with two attached hydrogens (primary N) is 1. The van der Waals surface area contributed by atoms with Gasteiger partial charge in [0, 0.05) is 4.88 Å². The number of nitriles is 1. The number of benzene rings is 1. The number of nitrogens with zero attached hydrogens (tertiary/aromatic N) is 3. The van der Waals surface area contributed by atoms with Crippen molar-refractivity contribution in [3.63, 3.8) is 0 Å². The molecule has 0 saturated heterocycles. The first kappa shape index (κ1) is 12.4. The van der Waals surface area contributed by atoms with Crippen LogP contribution in [-0.2, 0) is 6.42 Å². The predicted octanol–water partition coefficient (Wildman–Crippen LogP) is 3.48. The van der Waals surface area contributed by atoms with Crippen LogP contribution in [0.4, 0.5) is 5.95 Å². The van der Waals surface area contributed by atoms with Gasteiger partial charge in [-0.05, 0) is 54.5 Å². The summed E-state index contributed by atoms with van der Waals surface area (Å²) in [4.78, 5) is 5.90. The number of thiophene rings is 1. The van der Waals surface area contributed by atoms with Crippen LogP contribution in [-0.4, -0.2) is 9.55 Å². The maximum atomic E-state index is 9.12. The third-order valence-electron chi connectivity index (χ3n) is 4.18. The summed E-state index contributed by atoms with van der Waals surface area (Å²) >= 11 is 1.82. The fourth-order valence-electron chi connectivity index (χ4n) is 3.24. The number of rotatable bonds is 1. The highest BCUT2D eigenvalue weighted by atomic mass is 32.1. The maximum Gasteiger partial charge on any atom is 0.201 e. The minimum absolute atomic E-state index is 0.235. The van der Waals surface area contributed by atoms with Crippen molar-refractivity contribution in [2.75, 3.05) is 5.73 Å². The van der Waals surface area contributed by atoms with Gasteiger partial charge in [0.05, 0.1) is 28.7 Å². The number of fused-ring (bicyclic) bond motifs is 2. The lowest BCUT2D eigenvalue weighted by atomic mass is 9.93. The van der Waals surface area contributed by atoms with E-state index in [9.17, 15) is 0 Å². The molecule has 3 aromatic rings. The molecule has 2 heterocycles. The van der Waals surface area contributed by atoms with Crippen LogP contribution in [0, 0.1) is 11.3 Å². The quantitative estimate of drug-likeness (QED) is 0.747. The molecule has 1 unspecified atom stereocenters. The van der Waals surface area contributed by atoms with Crippen molar-refractivity contribution in [2.45, 2.75) is 25.3 Å². The maximum absolute atomic E-state index is 9.12. The van der Waals surface area contributed by atoms with E-state index in [4.69, 9.17) is 11.0 Å². The van der Waals surface area contributed by atoms with Crippen LogP contribution in [0.5, 0.6) is 0 Å². The van der Waals surface area contributed by atoms with Gasteiger partial charge < -0.3 is 10.3 Å². The van der Waals surface area contributed by atoms with Crippen molar-refractivity contribution < 1.29 is 0 Å². The molecule has 0 spiro atoms. The van der Waals surface area contributed by atoms with Gasteiger partial charge >= 0.3 is 0 Å². The molecular weight excluding hydrogens is 280 g/mol. The molecule has 2 aromatic heterocycles. The van der Waals surface area contributed by atoms with Crippen molar-refractivity contribution in [3.05, 3.63) is 45.6 Å². The number of nitrogen functional groups attached to an aromatic ring is 1. The normalized spacial score (nSPS) is 17.6. The Kier molecular flexibility index (Phi) is 2.72. The standard InChI is InChI=1S/C16H14N4S/c17-9-10-4-5-12-14(8-10)20(16(18)19-12)13-2-1-3-15-11(13)6-7-21-15/h4-8,13H,1-3H2,(H2,18,19). The Bertz CT molecular complexity index is 868. The zero-order valence-corrected chi connectivity index (χ0v) is 12.2. The molecule has 21 heavy (non-hydrogen) atoms. The van der Waals surface area contributed by atoms with Gasteiger partial charge in [-0.1, -0.05) is 0 Å². The summed E-state index contributed by atoms with van der Waals surface area (Å²) in [5.41, 5.74) is 9.99. The lowest BCUT2D eigenvalue weighted by Crippen LogP contribution is -2.17. The molecule has 1 aromatic carbocycles. The van der Waals surface area contributed by atoms with E-state index in [2.05, 4.69) is 27.1 Å². The molecule has 0 aliphatic heterocycles. The van der Waals surface area contributed by atoms with Crippen molar-refractivity contribution in [1.82, 2.24) is 9.55 Å². The smallest absolute Gasteiger partial charge is 0.201 e. The van der Waals surface area contributed by atoms with Crippen LogP contribution in [0.15, 0.2) is 29.6 Å². The molecule has 0 radical (unpaired) electrons. The number of hydrogen-bond acceptors (Lipinski definition) is 4. The second-order valence-corrected chi connectivity index (χ2v) is 6.36. The molecule has 4 nitrogen and oxygen atoms in total. The van der Waals surface area contributed by atoms with Crippen LogP contribution in [0.3, 0.4) is 0 Å². The van der Waals surface area contributed by atoms with E-state index in [0.717, 1.165) is 30.3 Å². The number of imidazole rings is 1. The van der Waals surface area contributed by atoms with Gasteiger partial charge in [0.2, 0.25) is 5.95 Å². The van der Waals surface area contributed by atoms with Crippen molar-refractivity contribution in [3.8, 4) is 6.07 Å². The van der Waals surface area contributed by atoms with E-state index in [1.165, 1.54) is 10.4 Å². The molecule has 1 atom stereocenters. The minimum Gasteiger partial charge on any atom is -0.369 e. The Labute approximate surface area is 126 Å². The fraction of sp³-hybridized carbons (Fsp3) is 0.250. The topological polar surface area (TPSA) is 67.6 Å². The summed E-state index contributed by atoms with van der Waals surface area (Å²) in [5.74, 6) is 0.532. The number of hydrogen-bond donors (Lipinski definition) is 1. The SMILES string of the molecule is N#Cc1ccc2nc(N)n(C3CCCc4sccc43)c2c1. The second kappa shape index (κ2) is 4.61. The van der Waals surface area contributed by atoms with Gasteiger partial charge in [-0.25, -0.2) is 4.98 Å². The molecule has 1 aliphatic carbocycles. The van der Waals surface area contributed by atoms with E-state index in [0.29, 0.717) is 11.5 Å². The summed E-state index contributed by atoms with van der Waals surface area (Å²) < 4.78 is 2.10. The van der Waals surface area contributed by atoms with Gasteiger partial charge in [0.1, 0.15) is 0 Å². The van der Waals surface area contributed by atoms with Gasteiger partial charge in [0.25, 0.3) is 0 Å². The van der Waals surface area contributed by atoms with Crippen molar-refractivity contribution in [1.29, 1.82) is 5.26 Å². The summed E-state index contributed by atoms with van der Waals surface area (Å²) in [6, 6.07) is 10.2. The summed E-state index contributed by atoms with van der Waals surface area (Å²) in [7, 11) is 0. The van der Waals surface area contributed by atoms with Crippen LogP contribution >= 0.6 is 11.3 Å². The second-order valence-electron chi connectivity index (χ2n) is 5.36. The fourth-order valence-corrected chi connectivity index (χ4v) is 4.22. The summed E-state index contributed by atoms with van der Waals surface area (Å²) in [6.45, 7) is 0. The molecule has 4 rings (SSSR count). The highest BCUT2D eigenvalue weighted by Gasteiger charge is 2.25. The average molecular weight is 294 g/mol. The van der Waals surface area contributed by atoms with Gasteiger partial charge in [-0.15, -0.1) is 11.3 Å². The molecule has 5 heteroatoms. The average Bonchev–Trinajstić information content (AvgIpc) is 3.09. The first-order valence-corrected chi connectivity index (χ1v) is 7.89. The Balaban J connectivity index is 1.96. The zero-order chi connectivity index (χ0) is 14.4. The monoisotopic (exact) mass is 294 g/mol. The number of aryl methyl sites for hydroxylation is 1. The number of anilines is 1. The Morgan fingerprint density at radius 2 is 2.29 bits per heavy atom. The van der Waals surface area contributed by atoms with E-state index in [1.54, 1.807) is 6.07 Å². The minimum atomic E-state index is 0.235. The van der Waals surface area contributed by atoms with E-state index in [1.807, 2.05) is 23.5 Å². The van der Waals surface area contributed by atoms with Crippen molar-refractivity contribution >= 4 is 28.3 Å². The predicted molar refractivity (Wildman–Crippen MR) is 84.3 cm³/mol. The first-order valence-electron chi connectivity index (χ1n) is 7.02. The third-order valence-corrected chi connectivity index (χ3v) is 5.17. The van der Waals surface area contributed by atoms with E-state index >= 15 is 0 Å². The Hall–Kier alpha value is -2.32. The van der Waals surface area contributed by atoms with Gasteiger partial charge in [0.15, 0.2) is 0 Å². The van der Waals surface area contributed by atoms with Crippen LogP contribution in [0.25, 0.3) is 11.0 Å². The van der Waals surface area contributed by atoms with Gasteiger partial charge in [-0.2, -0.15) is 5.26 Å². The summed E-state index contributed by atoms with van der Waals surface area (Å²) in [5, 5.41) is 11.3. The lowest BCUT2D eigenvalue weighted by Gasteiger charge is -2.25. The molecule has 0 saturated carbocycles. The van der Waals surface area contributed by atoms with Gasteiger partial charge in [-0.3, -0.25) is 0 Å².